The second kappa shape index (κ2) is 11.2. The molecule has 0 bridgehead atoms. The Labute approximate surface area is 182 Å². The summed E-state index contributed by atoms with van der Waals surface area (Å²) in [6, 6.07) is 3.81. The standard InChI is InChI=1S/C20H29BCl2N2O4/c1-12(2)10-17(21(28)29)24-20(27)18(13-6-4-3-5-7-13)25-19(26)15-11-14(22)8-9-16(15)23/h8-9,11-13,17-18,28-29H,3-7,10H2,1-2H3,(H,24,27)(H,25,26)/t17-,18+/m0/s1. The van der Waals surface area contributed by atoms with Crippen molar-refractivity contribution in [1.82, 2.24) is 10.6 Å². The first-order valence-electron chi connectivity index (χ1n) is 10.1. The molecule has 0 spiro atoms. The van der Waals surface area contributed by atoms with Crippen LogP contribution in [0.4, 0.5) is 0 Å². The van der Waals surface area contributed by atoms with Gasteiger partial charge in [-0.15, -0.1) is 0 Å². The van der Waals surface area contributed by atoms with Crippen LogP contribution >= 0.6 is 23.2 Å². The van der Waals surface area contributed by atoms with Gasteiger partial charge >= 0.3 is 7.12 Å². The molecule has 2 rings (SSSR count). The molecule has 1 aliphatic rings. The predicted octanol–water partition coefficient (Wildman–Crippen LogP) is 3.22. The largest absolute Gasteiger partial charge is 0.475 e. The van der Waals surface area contributed by atoms with Crippen LogP contribution in [0.25, 0.3) is 0 Å². The van der Waals surface area contributed by atoms with Gasteiger partial charge in [-0.05, 0) is 49.3 Å². The number of nitrogens with one attached hydrogen (secondary N) is 2. The lowest BCUT2D eigenvalue weighted by atomic mass is 9.74. The van der Waals surface area contributed by atoms with E-state index in [-0.39, 0.29) is 22.4 Å². The number of carbonyl (C=O) groups excluding carboxylic acids is 2. The first-order chi connectivity index (χ1) is 13.7. The summed E-state index contributed by atoms with van der Waals surface area (Å²) in [5.41, 5.74) is 0.202. The SMILES string of the molecule is CC(C)C[C@H](NC(=O)[C@H](NC(=O)c1cc(Cl)ccc1Cl)C1CCCCC1)B(O)O. The first kappa shape index (κ1) is 24.0. The molecule has 4 N–H and O–H groups in total. The van der Waals surface area contributed by atoms with Crippen LogP contribution in [0.1, 0.15) is 62.7 Å². The van der Waals surface area contributed by atoms with Crippen molar-refractivity contribution in [2.45, 2.75) is 64.4 Å². The van der Waals surface area contributed by atoms with Gasteiger partial charge in [0, 0.05) is 5.02 Å². The van der Waals surface area contributed by atoms with E-state index in [9.17, 15) is 19.6 Å². The van der Waals surface area contributed by atoms with Crippen molar-refractivity contribution in [3.05, 3.63) is 33.8 Å². The van der Waals surface area contributed by atoms with E-state index in [1.165, 1.54) is 12.1 Å². The zero-order chi connectivity index (χ0) is 21.6. The third-order valence-electron chi connectivity index (χ3n) is 5.28. The van der Waals surface area contributed by atoms with Crippen molar-refractivity contribution in [3.8, 4) is 0 Å². The maximum Gasteiger partial charge on any atom is 0.475 e. The van der Waals surface area contributed by atoms with Crippen molar-refractivity contribution < 1.29 is 19.6 Å². The van der Waals surface area contributed by atoms with Crippen LogP contribution in [0.3, 0.4) is 0 Å². The van der Waals surface area contributed by atoms with Crippen LogP contribution in [-0.2, 0) is 4.79 Å². The third kappa shape index (κ3) is 7.17. The Balaban J connectivity index is 2.20. The minimum absolute atomic E-state index is 0.0267. The molecule has 6 nitrogen and oxygen atoms in total. The average Bonchev–Trinajstić information content (AvgIpc) is 2.67. The summed E-state index contributed by atoms with van der Waals surface area (Å²) < 4.78 is 0. The summed E-state index contributed by atoms with van der Waals surface area (Å²) in [5, 5.41) is 25.4. The monoisotopic (exact) mass is 442 g/mol. The molecule has 160 valence electrons. The highest BCUT2D eigenvalue weighted by Gasteiger charge is 2.35. The molecule has 29 heavy (non-hydrogen) atoms. The third-order valence-corrected chi connectivity index (χ3v) is 5.84. The van der Waals surface area contributed by atoms with Crippen LogP contribution in [0.2, 0.25) is 10.0 Å². The van der Waals surface area contributed by atoms with Gasteiger partial charge in [-0.1, -0.05) is 56.3 Å². The number of hydrogen-bond acceptors (Lipinski definition) is 4. The van der Waals surface area contributed by atoms with Gasteiger partial charge in [0.1, 0.15) is 6.04 Å². The number of hydrogen-bond donors (Lipinski definition) is 4. The smallest absolute Gasteiger partial charge is 0.426 e. The number of carbonyl (C=O) groups is 2. The highest BCUT2D eigenvalue weighted by atomic mass is 35.5. The molecule has 2 amide bonds. The van der Waals surface area contributed by atoms with Gasteiger partial charge in [0.25, 0.3) is 5.91 Å². The quantitative estimate of drug-likeness (QED) is 0.464. The summed E-state index contributed by atoms with van der Waals surface area (Å²) >= 11 is 12.1. The van der Waals surface area contributed by atoms with Crippen LogP contribution in [0.5, 0.6) is 0 Å². The van der Waals surface area contributed by atoms with E-state index in [4.69, 9.17) is 23.2 Å². The summed E-state index contributed by atoms with van der Waals surface area (Å²) in [5.74, 6) is -1.56. The van der Waals surface area contributed by atoms with Gasteiger partial charge in [0.2, 0.25) is 5.91 Å². The van der Waals surface area contributed by atoms with Crippen molar-refractivity contribution in [2.24, 2.45) is 11.8 Å². The molecule has 1 aromatic carbocycles. The van der Waals surface area contributed by atoms with Gasteiger partial charge in [-0.3, -0.25) is 9.59 Å². The Morgan fingerprint density at radius 2 is 1.79 bits per heavy atom. The Hall–Kier alpha value is -1.28. The summed E-state index contributed by atoms with van der Waals surface area (Å²) in [6.45, 7) is 3.87. The van der Waals surface area contributed by atoms with Crippen molar-refractivity contribution >= 4 is 42.1 Å². The summed E-state index contributed by atoms with van der Waals surface area (Å²) in [4.78, 5) is 25.9. The normalized spacial score (nSPS) is 16.9. The molecule has 9 heteroatoms. The highest BCUT2D eigenvalue weighted by Crippen LogP contribution is 2.28. The molecule has 1 fully saturated rings. The minimum atomic E-state index is -1.67. The molecule has 1 saturated carbocycles. The fourth-order valence-electron chi connectivity index (χ4n) is 3.79. The van der Waals surface area contributed by atoms with Crippen molar-refractivity contribution in [3.63, 3.8) is 0 Å². The van der Waals surface area contributed by atoms with Gasteiger partial charge in [0.05, 0.1) is 16.5 Å². The van der Waals surface area contributed by atoms with Crippen molar-refractivity contribution in [1.29, 1.82) is 0 Å². The molecular weight excluding hydrogens is 414 g/mol. The Bertz CT molecular complexity index is 712. The Kier molecular flexibility index (Phi) is 9.27. The van der Waals surface area contributed by atoms with Crippen LogP contribution in [0.15, 0.2) is 18.2 Å². The average molecular weight is 443 g/mol. The molecular formula is C20H29BCl2N2O4. The van der Waals surface area contributed by atoms with Crippen LogP contribution in [0, 0.1) is 11.8 Å². The van der Waals surface area contributed by atoms with E-state index in [0.717, 1.165) is 32.1 Å². The lowest BCUT2D eigenvalue weighted by Crippen LogP contribution is -2.56. The topological polar surface area (TPSA) is 98.7 Å². The van der Waals surface area contributed by atoms with E-state index in [1.54, 1.807) is 6.07 Å². The Morgan fingerprint density at radius 3 is 2.38 bits per heavy atom. The molecule has 1 aromatic rings. The zero-order valence-electron chi connectivity index (χ0n) is 16.8. The lowest BCUT2D eigenvalue weighted by molar-refractivity contribution is -0.125. The first-order valence-corrected chi connectivity index (χ1v) is 10.9. The van der Waals surface area contributed by atoms with Gasteiger partial charge < -0.3 is 20.7 Å². The maximum atomic E-state index is 13.1. The fraction of sp³-hybridized carbons (Fsp3) is 0.600. The van der Waals surface area contributed by atoms with E-state index < -0.39 is 30.9 Å². The number of rotatable bonds is 8. The molecule has 2 atom stereocenters. The maximum absolute atomic E-state index is 13.1. The van der Waals surface area contributed by atoms with E-state index in [1.807, 2.05) is 13.8 Å². The number of benzene rings is 1. The molecule has 0 unspecified atom stereocenters. The zero-order valence-corrected chi connectivity index (χ0v) is 18.3. The molecule has 0 heterocycles. The minimum Gasteiger partial charge on any atom is -0.426 e. The molecule has 1 aliphatic carbocycles. The van der Waals surface area contributed by atoms with E-state index in [0.29, 0.717) is 11.4 Å². The molecule has 0 aromatic heterocycles. The van der Waals surface area contributed by atoms with Crippen molar-refractivity contribution in [2.75, 3.05) is 0 Å². The second-order valence-electron chi connectivity index (χ2n) is 8.13. The van der Waals surface area contributed by atoms with E-state index in [2.05, 4.69) is 10.6 Å². The number of amides is 2. The van der Waals surface area contributed by atoms with Gasteiger partial charge in [0.15, 0.2) is 0 Å². The predicted molar refractivity (Wildman–Crippen MR) is 116 cm³/mol. The van der Waals surface area contributed by atoms with Gasteiger partial charge in [-0.25, -0.2) is 0 Å². The number of halogens is 2. The molecule has 0 aliphatic heterocycles. The van der Waals surface area contributed by atoms with Crippen LogP contribution < -0.4 is 10.6 Å². The Morgan fingerprint density at radius 1 is 1.14 bits per heavy atom. The van der Waals surface area contributed by atoms with Crippen LogP contribution in [-0.4, -0.2) is 41.0 Å². The summed E-state index contributed by atoms with van der Waals surface area (Å²) in [6.07, 6.45) is 5.12. The second-order valence-corrected chi connectivity index (χ2v) is 8.98. The fourth-order valence-corrected chi connectivity index (χ4v) is 4.17. The summed E-state index contributed by atoms with van der Waals surface area (Å²) in [7, 11) is -1.67. The lowest BCUT2D eigenvalue weighted by Gasteiger charge is -2.31. The molecule has 0 radical (unpaired) electrons. The highest BCUT2D eigenvalue weighted by molar-refractivity contribution is 6.43. The molecule has 0 saturated heterocycles. The van der Waals surface area contributed by atoms with Gasteiger partial charge in [-0.2, -0.15) is 0 Å². The van der Waals surface area contributed by atoms with E-state index >= 15 is 0 Å².